The molecule has 0 bridgehead atoms. The topological polar surface area (TPSA) is 156 Å². The molecule has 11 nitrogen and oxygen atoms in total. The van der Waals surface area contributed by atoms with Crippen LogP contribution in [0.15, 0.2) is 48.8 Å². The molecule has 0 spiro atoms. The first-order valence-electron chi connectivity index (χ1n) is 8.87. The van der Waals surface area contributed by atoms with Crippen molar-refractivity contribution in [3.05, 3.63) is 48.8 Å². The summed E-state index contributed by atoms with van der Waals surface area (Å²) in [5.74, 6) is 4.80. The fourth-order valence-corrected chi connectivity index (χ4v) is 3.71. The standard InChI is InChI=1S/C19H19N5O6S/c1-22-6-5-11-7-12(3-4-14(11)22)23-15(10-21-19(23)24(20)31(27,28)29)13-8-18(30-2)17(26)9-16(13)25/h3-10,25-26H,20H2,1-2H3,(H,27,28,29). The monoisotopic (exact) mass is 445 g/mol. The molecule has 0 saturated heterocycles. The average Bonchev–Trinajstić information content (AvgIpc) is 3.30. The van der Waals surface area contributed by atoms with Crippen molar-refractivity contribution in [3.63, 3.8) is 0 Å². The first kappa shape index (κ1) is 20.5. The number of aryl methyl sites for hydroxylation is 1. The number of aromatic hydroxyl groups is 2. The molecule has 0 aliphatic carbocycles. The van der Waals surface area contributed by atoms with E-state index in [4.69, 9.17) is 10.6 Å². The van der Waals surface area contributed by atoms with E-state index in [1.807, 2.05) is 29.9 Å². The number of nitrogens with two attached hydrogens (primary N) is 1. The maximum atomic E-state index is 11.7. The maximum absolute atomic E-state index is 11.7. The van der Waals surface area contributed by atoms with Crippen molar-refractivity contribution >= 4 is 27.2 Å². The van der Waals surface area contributed by atoms with Gasteiger partial charge in [0.25, 0.3) is 0 Å². The van der Waals surface area contributed by atoms with Gasteiger partial charge in [-0.15, -0.1) is 4.41 Å². The largest absolute Gasteiger partial charge is 0.507 e. The summed E-state index contributed by atoms with van der Waals surface area (Å²) in [6.07, 6.45) is 3.15. The van der Waals surface area contributed by atoms with Crippen molar-refractivity contribution in [2.24, 2.45) is 12.9 Å². The van der Waals surface area contributed by atoms with Crippen LogP contribution < -0.4 is 15.0 Å². The van der Waals surface area contributed by atoms with Crippen molar-refractivity contribution in [1.82, 2.24) is 14.1 Å². The summed E-state index contributed by atoms with van der Waals surface area (Å²) < 4.78 is 41.3. The third-order valence-electron chi connectivity index (χ3n) is 4.89. The van der Waals surface area contributed by atoms with E-state index in [0.717, 1.165) is 17.0 Å². The highest BCUT2D eigenvalue weighted by molar-refractivity contribution is 7.87. The minimum absolute atomic E-state index is 0.0833. The van der Waals surface area contributed by atoms with E-state index >= 15 is 0 Å². The van der Waals surface area contributed by atoms with Crippen molar-refractivity contribution in [3.8, 4) is 34.2 Å². The zero-order valence-corrected chi connectivity index (χ0v) is 17.3. The second-order valence-corrected chi connectivity index (χ2v) is 8.05. The molecule has 4 rings (SSSR count). The fraction of sp³-hybridized carbons (Fsp3) is 0.105. The number of rotatable bonds is 5. The van der Waals surface area contributed by atoms with Crippen LogP contribution in [0.25, 0.3) is 27.8 Å². The van der Waals surface area contributed by atoms with E-state index in [1.54, 1.807) is 12.1 Å². The van der Waals surface area contributed by atoms with E-state index in [-0.39, 0.29) is 38.9 Å². The molecule has 0 radical (unpaired) electrons. The van der Waals surface area contributed by atoms with Gasteiger partial charge >= 0.3 is 10.3 Å². The number of methoxy groups -OCH3 is 1. The highest BCUT2D eigenvalue weighted by Crippen LogP contribution is 2.41. The lowest BCUT2D eigenvalue weighted by Crippen LogP contribution is -2.38. The van der Waals surface area contributed by atoms with Crippen LogP contribution in [0.5, 0.6) is 17.2 Å². The number of benzene rings is 2. The lowest BCUT2D eigenvalue weighted by atomic mass is 10.1. The van der Waals surface area contributed by atoms with E-state index < -0.39 is 10.3 Å². The predicted octanol–water partition coefficient (Wildman–Crippen LogP) is 1.93. The lowest BCUT2D eigenvalue weighted by Gasteiger charge is -2.18. The number of hydrogen-bond donors (Lipinski definition) is 4. The van der Waals surface area contributed by atoms with Crippen LogP contribution in [0.1, 0.15) is 0 Å². The van der Waals surface area contributed by atoms with Crippen LogP contribution in [0, 0.1) is 0 Å². The van der Waals surface area contributed by atoms with Crippen LogP contribution >= 0.6 is 0 Å². The first-order valence-corrected chi connectivity index (χ1v) is 10.3. The number of hydrazine groups is 1. The van der Waals surface area contributed by atoms with Crippen molar-refractivity contribution in [2.45, 2.75) is 0 Å². The van der Waals surface area contributed by atoms with E-state index in [9.17, 15) is 23.2 Å². The predicted molar refractivity (Wildman–Crippen MR) is 114 cm³/mol. The lowest BCUT2D eigenvalue weighted by molar-refractivity contribution is 0.370. The highest BCUT2D eigenvalue weighted by atomic mass is 32.2. The molecule has 4 aromatic rings. The summed E-state index contributed by atoms with van der Waals surface area (Å²) >= 11 is 0. The molecule has 0 aliphatic rings. The minimum atomic E-state index is -4.83. The summed E-state index contributed by atoms with van der Waals surface area (Å²) in [5.41, 5.74) is 1.82. The molecule has 31 heavy (non-hydrogen) atoms. The normalized spacial score (nSPS) is 11.7. The Labute approximate surface area is 177 Å². The third kappa shape index (κ3) is 3.42. The number of aromatic nitrogens is 3. The molecule has 0 unspecified atom stereocenters. The Hall–Kier alpha value is -3.74. The second-order valence-electron chi connectivity index (χ2n) is 6.76. The Morgan fingerprint density at radius 3 is 2.55 bits per heavy atom. The van der Waals surface area contributed by atoms with Gasteiger partial charge in [0.05, 0.1) is 19.0 Å². The van der Waals surface area contributed by atoms with Crippen molar-refractivity contribution < 1.29 is 27.9 Å². The molecule has 0 atom stereocenters. The number of ether oxygens (including phenoxy) is 1. The van der Waals surface area contributed by atoms with Gasteiger partial charge in [0.1, 0.15) is 5.75 Å². The van der Waals surface area contributed by atoms with Gasteiger partial charge in [-0.05, 0) is 30.3 Å². The van der Waals surface area contributed by atoms with E-state index in [0.29, 0.717) is 5.69 Å². The molecule has 2 aromatic heterocycles. The molecule has 0 fully saturated rings. The Bertz CT molecular complexity index is 1410. The zero-order valence-electron chi connectivity index (χ0n) is 16.5. The molecule has 2 heterocycles. The quantitative estimate of drug-likeness (QED) is 0.206. The van der Waals surface area contributed by atoms with Crippen LogP contribution in [0.2, 0.25) is 0 Å². The number of anilines is 1. The number of imidazole rings is 1. The molecule has 2 aromatic carbocycles. The number of hydrogen-bond acceptors (Lipinski definition) is 7. The summed E-state index contributed by atoms with van der Waals surface area (Å²) in [7, 11) is -1.59. The highest BCUT2D eigenvalue weighted by Gasteiger charge is 2.26. The Kier molecular flexibility index (Phi) is 4.76. The van der Waals surface area contributed by atoms with E-state index in [1.165, 1.54) is 23.9 Å². The number of fused-ring (bicyclic) bond motifs is 1. The molecule has 0 saturated carbocycles. The van der Waals surface area contributed by atoms with Gasteiger partial charge in [-0.2, -0.15) is 8.42 Å². The molecular formula is C19H19N5O6S. The minimum Gasteiger partial charge on any atom is -0.507 e. The SMILES string of the molecule is COc1cc(-c2cnc(N(N)S(=O)(=O)O)n2-c2ccc3c(ccn3C)c2)c(O)cc1O. The van der Waals surface area contributed by atoms with Crippen molar-refractivity contribution in [2.75, 3.05) is 11.5 Å². The summed E-state index contributed by atoms with van der Waals surface area (Å²) in [6.45, 7) is 0. The Morgan fingerprint density at radius 2 is 1.87 bits per heavy atom. The smallest absolute Gasteiger partial charge is 0.376 e. The van der Waals surface area contributed by atoms with Gasteiger partial charge in [0, 0.05) is 41.5 Å². The molecule has 5 N–H and O–H groups in total. The van der Waals surface area contributed by atoms with Gasteiger partial charge in [-0.25, -0.2) is 10.8 Å². The average molecular weight is 445 g/mol. The van der Waals surface area contributed by atoms with Gasteiger partial charge < -0.3 is 19.5 Å². The molecule has 0 amide bonds. The van der Waals surface area contributed by atoms with Gasteiger partial charge in [-0.3, -0.25) is 9.12 Å². The molecule has 0 aliphatic heterocycles. The third-order valence-corrected chi connectivity index (χ3v) is 5.55. The molecule has 162 valence electrons. The van der Waals surface area contributed by atoms with Crippen LogP contribution in [0.4, 0.5) is 5.95 Å². The molecule has 12 heteroatoms. The van der Waals surface area contributed by atoms with Gasteiger partial charge in [0.15, 0.2) is 11.5 Å². The van der Waals surface area contributed by atoms with Crippen LogP contribution in [-0.2, 0) is 17.4 Å². The van der Waals surface area contributed by atoms with Crippen LogP contribution in [0.3, 0.4) is 0 Å². The summed E-state index contributed by atoms with van der Waals surface area (Å²) in [4.78, 5) is 4.04. The van der Waals surface area contributed by atoms with Crippen molar-refractivity contribution in [1.29, 1.82) is 0 Å². The Morgan fingerprint density at radius 1 is 1.13 bits per heavy atom. The summed E-state index contributed by atoms with van der Waals surface area (Å²) in [5, 5.41) is 21.2. The maximum Gasteiger partial charge on any atom is 0.376 e. The fourth-order valence-electron chi connectivity index (χ4n) is 3.38. The number of phenols is 2. The van der Waals surface area contributed by atoms with Gasteiger partial charge in [0.2, 0.25) is 5.95 Å². The van der Waals surface area contributed by atoms with Crippen LogP contribution in [-0.4, -0.2) is 44.4 Å². The number of nitrogens with zero attached hydrogens (tertiary/aromatic N) is 4. The zero-order chi connectivity index (χ0) is 22.5. The first-order chi connectivity index (χ1) is 14.6. The summed E-state index contributed by atoms with van der Waals surface area (Å²) in [6, 6.07) is 9.65. The molecular weight excluding hydrogens is 426 g/mol. The Balaban J connectivity index is 2.02. The number of phenolic OH excluding ortho intramolecular Hbond substituents is 2. The van der Waals surface area contributed by atoms with Gasteiger partial charge in [-0.1, -0.05) is 0 Å². The second kappa shape index (κ2) is 7.19. The van der Waals surface area contributed by atoms with E-state index in [2.05, 4.69) is 4.98 Å².